The van der Waals surface area contributed by atoms with Gasteiger partial charge in [-0.3, -0.25) is 19.3 Å². The minimum absolute atomic E-state index is 0.114. The van der Waals surface area contributed by atoms with Crippen molar-refractivity contribution in [1.82, 2.24) is 10.2 Å². The number of anilines is 1. The number of amides is 3. The van der Waals surface area contributed by atoms with Gasteiger partial charge < -0.3 is 10.2 Å². The molecule has 0 spiro atoms. The predicted octanol–water partition coefficient (Wildman–Crippen LogP) is 3.55. The van der Waals surface area contributed by atoms with Gasteiger partial charge in [-0.05, 0) is 30.2 Å². The number of carbonyl (C=O) groups excluding carboxylic acids is 3. The maximum atomic E-state index is 13.3. The SMILES string of the molecule is O=C(CCN1C(=O)c2ccccc2N2C(=O)c3ccccc3[C@@H]12)NCCc1ccccc1. The summed E-state index contributed by atoms with van der Waals surface area (Å²) >= 11 is 0. The van der Waals surface area contributed by atoms with Crippen LogP contribution in [0, 0.1) is 0 Å². The lowest BCUT2D eigenvalue weighted by molar-refractivity contribution is -0.121. The van der Waals surface area contributed by atoms with Crippen LogP contribution in [0.2, 0.25) is 0 Å². The van der Waals surface area contributed by atoms with Gasteiger partial charge in [-0.1, -0.05) is 60.7 Å². The van der Waals surface area contributed by atoms with Gasteiger partial charge in [0.1, 0.15) is 6.17 Å². The first-order valence-electron chi connectivity index (χ1n) is 10.8. The first kappa shape index (κ1) is 20.0. The largest absolute Gasteiger partial charge is 0.356 e. The highest BCUT2D eigenvalue weighted by Crippen LogP contribution is 2.45. The van der Waals surface area contributed by atoms with Crippen molar-refractivity contribution in [2.75, 3.05) is 18.0 Å². The van der Waals surface area contributed by atoms with Crippen LogP contribution in [-0.2, 0) is 11.2 Å². The van der Waals surface area contributed by atoms with Gasteiger partial charge in [-0.25, -0.2) is 0 Å². The fourth-order valence-electron chi connectivity index (χ4n) is 4.50. The van der Waals surface area contributed by atoms with E-state index < -0.39 is 6.17 Å². The highest BCUT2D eigenvalue weighted by atomic mass is 16.2. The number of nitrogens with zero attached hydrogens (tertiary/aromatic N) is 2. The number of hydrogen-bond donors (Lipinski definition) is 1. The zero-order valence-electron chi connectivity index (χ0n) is 17.5. The van der Waals surface area contributed by atoms with E-state index in [1.54, 1.807) is 34.1 Å². The van der Waals surface area contributed by atoms with E-state index in [-0.39, 0.29) is 30.7 Å². The normalized spacial score (nSPS) is 16.4. The maximum Gasteiger partial charge on any atom is 0.260 e. The van der Waals surface area contributed by atoms with E-state index in [9.17, 15) is 14.4 Å². The Morgan fingerprint density at radius 1 is 0.812 bits per heavy atom. The number of benzene rings is 3. The molecule has 2 heterocycles. The van der Waals surface area contributed by atoms with E-state index in [0.29, 0.717) is 23.4 Å². The number of fused-ring (bicyclic) bond motifs is 5. The molecule has 6 heteroatoms. The topological polar surface area (TPSA) is 69.7 Å². The molecule has 0 saturated heterocycles. The summed E-state index contributed by atoms with van der Waals surface area (Å²) in [6.45, 7) is 0.767. The van der Waals surface area contributed by atoms with Gasteiger partial charge >= 0.3 is 0 Å². The number of nitrogens with one attached hydrogen (secondary N) is 1. The molecular weight excluding hydrogens is 402 g/mol. The van der Waals surface area contributed by atoms with Crippen molar-refractivity contribution in [3.8, 4) is 0 Å². The molecule has 160 valence electrons. The Morgan fingerprint density at radius 3 is 2.31 bits per heavy atom. The van der Waals surface area contributed by atoms with Crippen LogP contribution in [0.25, 0.3) is 0 Å². The Morgan fingerprint density at radius 2 is 1.50 bits per heavy atom. The molecule has 1 N–H and O–H groups in total. The molecule has 3 aromatic carbocycles. The van der Waals surface area contributed by atoms with Gasteiger partial charge in [0.05, 0.1) is 11.3 Å². The van der Waals surface area contributed by atoms with Gasteiger partial charge in [-0.15, -0.1) is 0 Å². The molecule has 2 aliphatic rings. The van der Waals surface area contributed by atoms with Crippen molar-refractivity contribution in [2.45, 2.75) is 19.0 Å². The average molecular weight is 425 g/mol. The fourth-order valence-corrected chi connectivity index (χ4v) is 4.50. The second-order valence-corrected chi connectivity index (χ2v) is 7.99. The van der Waals surface area contributed by atoms with Gasteiger partial charge in [0.25, 0.3) is 11.8 Å². The number of hydrogen-bond acceptors (Lipinski definition) is 3. The third-order valence-corrected chi connectivity index (χ3v) is 6.04. The lowest BCUT2D eigenvalue weighted by atomic mass is 10.0. The molecular formula is C26H23N3O3. The van der Waals surface area contributed by atoms with Gasteiger partial charge in [0.15, 0.2) is 0 Å². The molecule has 1 atom stereocenters. The molecule has 0 aliphatic carbocycles. The summed E-state index contributed by atoms with van der Waals surface area (Å²) in [5, 5.41) is 2.93. The van der Waals surface area contributed by atoms with Crippen LogP contribution in [0.1, 0.15) is 44.4 Å². The predicted molar refractivity (Wildman–Crippen MR) is 121 cm³/mol. The average Bonchev–Trinajstić information content (AvgIpc) is 3.12. The molecule has 3 amide bonds. The van der Waals surface area contributed by atoms with E-state index in [2.05, 4.69) is 5.32 Å². The van der Waals surface area contributed by atoms with Crippen LogP contribution < -0.4 is 10.2 Å². The van der Waals surface area contributed by atoms with Crippen molar-refractivity contribution in [3.05, 3.63) is 101 Å². The molecule has 0 radical (unpaired) electrons. The van der Waals surface area contributed by atoms with Crippen LogP contribution in [0.15, 0.2) is 78.9 Å². The van der Waals surface area contributed by atoms with Gasteiger partial charge in [0.2, 0.25) is 5.91 Å². The Labute approximate surface area is 186 Å². The number of carbonyl (C=O) groups is 3. The Balaban J connectivity index is 1.33. The zero-order chi connectivity index (χ0) is 22.1. The second kappa shape index (κ2) is 8.30. The smallest absolute Gasteiger partial charge is 0.260 e. The third kappa shape index (κ3) is 3.43. The molecule has 32 heavy (non-hydrogen) atoms. The summed E-state index contributed by atoms with van der Waals surface area (Å²) in [6, 6.07) is 24.5. The molecule has 5 rings (SSSR count). The summed E-state index contributed by atoms with van der Waals surface area (Å²) in [5.74, 6) is -0.400. The van der Waals surface area contributed by atoms with Crippen molar-refractivity contribution in [3.63, 3.8) is 0 Å². The minimum atomic E-state index is -0.529. The quantitative estimate of drug-likeness (QED) is 0.657. The molecule has 3 aromatic rings. The van der Waals surface area contributed by atoms with E-state index in [1.807, 2.05) is 54.6 Å². The molecule has 0 bridgehead atoms. The molecule has 0 saturated carbocycles. The lowest BCUT2D eigenvalue weighted by Crippen LogP contribution is -2.49. The summed E-state index contributed by atoms with van der Waals surface area (Å²) in [7, 11) is 0. The van der Waals surface area contributed by atoms with Crippen molar-refractivity contribution >= 4 is 23.4 Å². The Kier molecular flexibility index (Phi) is 5.19. The molecule has 0 aromatic heterocycles. The second-order valence-electron chi connectivity index (χ2n) is 7.99. The number of para-hydroxylation sites is 1. The van der Waals surface area contributed by atoms with Crippen LogP contribution in [-0.4, -0.2) is 35.7 Å². The molecule has 0 fully saturated rings. The summed E-state index contributed by atoms with van der Waals surface area (Å²) in [5.41, 5.74) is 3.65. The van der Waals surface area contributed by atoms with E-state index in [4.69, 9.17) is 0 Å². The first-order chi connectivity index (χ1) is 15.6. The molecule has 6 nitrogen and oxygen atoms in total. The minimum Gasteiger partial charge on any atom is -0.356 e. The van der Waals surface area contributed by atoms with Crippen LogP contribution in [0.5, 0.6) is 0 Å². The highest BCUT2D eigenvalue weighted by molar-refractivity contribution is 6.16. The Bertz CT molecular complexity index is 1190. The van der Waals surface area contributed by atoms with Crippen LogP contribution in [0.3, 0.4) is 0 Å². The van der Waals surface area contributed by atoms with Crippen molar-refractivity contribution in [2.24, 2.45) is 0 Å². The van der Waals surface area contributed by atoms with Crippen molar-refractivity contribution in [1.29, 1.82) is 0 Å². The van der Waals surface area contributed by atoms with Crippen LogP contribution >= 0.6 is 0 Å². The summed E-state index contributed by atoms with van der Waals surface area (Å²) in [4.78, 5) is 42.3. The third-order valence-electron chi connectivity index (χ3n) is 6.04. The maximum absolute atomic E-state index is 13.3. The zero-order valence-corrected chi connectivity index (χ0v) is 17.5. The van der Waals surface area contributed by atoms with Crippen LogP contribution in [0.4, 0.5) is 5.69 Å². The van der Waals surface area contributed by atoms with Crippen molar-refractivity contribution < 1.29 is 14.4 Å². The standard InChI is InChI=1S/C26H23N3O3/c30-23(27-16-14-18-8-2-1-3-9-18)15-17-28-24-19-10-4-5-11-20(19)26(32)29(24)22-13-7-6-12-21(22)25(28)31/h1-13,24H,14-17H2,(H,27,30)/t24-/m0/s1. The van der Waals surface area contributed by atoms with E-state index >= 15 is 0 Å². The van der Waals surface area contributed by atoms with Gasteiger partial charge in [-0.2, -0.15) is 0 Å². The molecule has 0 unspecified atom stereocenters. The lowest BCUT2D eigenvalue weighted by Gasteiger charge is -2.40. The summed E-state index contributed by atoms with van der Waals surface area (Å²) in [6.07, 6.45) is 0.391. The van der Waals surface area contributed by atoms with E-state index in [1.165, 1.54) is 0 Å². The monoisotopic (exact) mass is 425 g/mol. The van der Waals surface area contributed by atoms with Gasteiger partial charge in [0, 0.05) is 30.6 Å². The number of rotatable bonds is 6. The first-order valence-corrected chi connectivity index (χ1v) is 10.8. The molecule has 2 aliphatic heterocycles. The Hall–Kier alpha value is -3.93. The fraction of sp³-hybridized carbons (Fsp3) is 0.192. The van der Waals surface area contributed by atoms with E-state index in [0.717, 1.165) is 17.5 Å². The summed E-state index contributed by atoms with van der Waals surface area (Å²) < 4.78 is 0. The highest BCUT2D eigenvalue weighted by Gasteiger charge is 2.47.